The molecule has 1 aromatic carbocycles. The number of hydrogen-bond donors (Lipinski definition) is 2. The SMILES string of the molecule is FC(F)(F)c1cccc(NC2CC3(CNC3)C2)c1. The molecule has 1 heterocycles. The molecule has 1 aromatic rings. The molecule has 2 nitrogen and oxygen atoms in total. The Kier molecular flexibility index (Phi) is 2.55. The third-order valence-corrected chi connectivity index (χ3v) is 3.92. The zero-order valence-electron chi connectivity index (χ0n) is 9.85. The number of alkyl halides is 3. The highest BCUT2D eigenvalue weighted by Crippen LogP contribution is 2.45. The standard InChI is InChI=1S/C13H15F3N2/c14-13(15,16)9-2-1-3-10(4-9)18-11-5-12(6-11)7-17-8-12/h1-4,11,17-18H,5-8H2. The number of halogens is 3. The van der Waals surface area contributed by atoms with Crippen LogP contribution in [0.3, 0.4) is 0 Å². The summed E-state index contributed by atoms with van der Waals surface area (Å²) in [5, 5.41) is 6.43. The lowest BCUT2D eigenvalue weighted by atomic mass is 9.61. The Morgan fingerprint density at radius 3 is 2.50 bits per heavy atom. The molecule has 1 spiro atoms. The first-order valence-corrected chi connectivity index (χ1v) is 6.11. The quantitative estimate of drug-likeness (QED) is 0.850. The van der Waals surface area contributed by atoms with Crippen LogP contribution in [0.4, 0.5) is 18.9 Å². The van der Waals surface area contributed by atoms with Crippen LogP contribution in [-0.4, -0.2) is 19.1 Å². The number of hydrogen-bond acceptors (Lipinski definition) is 2. The second-order valence-electron chi connectivity index (χ2n) is 5.43. The third-order valence-electron chi connectivity index (χ3n) is 3.92. The van der Waals surface area contributed by atoms with Crippen LogP contribution in [0, 0.1) is 5.41 Å². The smallest absolute Gasteiger partial charge is 0.382 e. The average molecular weight is 256 g/mol. The van der Waals surface area contributed by atoms with E-state index in [4.69, 9.17) is 0 Å². The maximum atomic E-state index is 12.6. The van der Waals surface area contributed by atoms with E-state index in [1.165, 1.54) is 12.1 Å². The van der Waals surface area contributed by atoms with Gasteiger partial charge < -0.3 is 10.6 Å². The molecule has 0 unspecified atom stereocenters. The van der Waals surface area contributed by atoms with E-state index in [0.717, 1.165) is 32.0 Å². The zero-order valence-corrected chi connectivity index (χ0v) is 9.85. The van der Waals surface area contributed by atoms with Gasteiger partial charge in [-0.25, -0.2) is 0 Å². The Hall–Kier alpha value is -1.23. The summed E-state index contributed by atoms with van der Waals surface area (Å²) >= 11 is 0. The molecule has 1 aliphatic carbocycles. The second-order valence-corrected chi connectivity index (χ2v) is 5.43. The molecule has 3 rings (SSSR count). The van der Waals surface area contributed by atoms with Crippen molar-refractivity contribution in [2.45, 2.75) is 25.1 Å². The molecular weight excluding hydrogens is 241 g/mol. The second kappa shape index (κ2) is 3.88. The molecule has 1 aliphatic heterocycles. The van der Waals surface area contributed by atoms with E-state index in [1.807, 2.05) is 0 Å². The minimum atomic E-state index is -4.27. The van der Waals surface area contributed by atoms with Crippen LogP contribution in [0.15, 0.2) is 24.3 Å². The molecule has 18 heavy (non-hydrogen) atoms. The van der Waals surface area contributed by atoms with Crippen LogP contribution in [0.1, 0.15) is 18.4 Å². The van der Waals surface area contributed by atoms with E-state index < -0.39 is 11.7 Å². The van der Waals surface area contributed by atoms with Gasteiger partial charge in [-0.3, -0.25) is 0 Å². The van der Waals surface area contributed by atoms with Crippen LogP contribution in [-0.2, 0) is 6.18 Å². The van der Waals surface area contributed by atoms with E-state index in [2.05, 4.69) is 10.6 Å². The summed E-state index contributed by atoms with van der Waals surface area (Å²) in [6.45, 7) is 2.10. The van der Waals surface area contributed by atoms with Crippen molar-refractivity contribution in [1.82, 2.24) is 5.32 Å². The molecule has 98 valence electrons. The number of anilines is 1. The predicted octanol–water partition coefficient (Wildman–Crippen LogP) is 2.87. The van der Waals surface area contributed by atoms with Gasteiger partial charge >= 0.3 is 6.18 Å². The molecule has 1 saturated heterocycles. The largest absolute Gasteiger partial charge is 0.416 e. The Morgan fingerprint density at radius 1 is 1.22 bits per heavy atom. The fourth-order valence-electron chi connectivity index (χ4n) is 2.88. The van der Waals surface area contributed by atoms with Gasteiger partial charge in [0.1, 0.15) is 0 Å². The van der Waals surface area contributed by atoms with Crippen molar-refractivity contribution >= 4 is 5.69 Å². The van der Waals surface area contributed by atoms with Crippen molar-refractivity contribution < 1.29 is 13.2 Å². The summed E-state index contributed by atoms with van der Waals surface area (Å²) in [5.74, 6) is 0. The summed E-state index contributed by atoms with van der Waals surface area (Å²) < 4.78 is 37.7. The van der Waals surface area contributed by atoms with E-state index in [0.29, 0.717) is 17.1 Å². The molecule has 1 saturated carbocycles. The Morgan fingerprint density at radius 2 is 1.94 bits per heavy atom. The monoisotopic (exact) mass is 256 g/mol. The van der Waals surface area contributed by atoms with Crippen LogP contribution < -0.4 is 10.6 Å². The van der Waals surface area contributed by atoms with Crippen LogP contribution in [0.5, 0.6) is 0 Å². The predicted molar refractivity (Wildman–Crippen MR) is 63.4 cm³/mol. The van der Waals surface area contributed by atoms with Crippen LogP contribution in [0.25, 0.3) is 0 Å². The Balaban J connectivity index is 1.63. The zero-order chi connectivity index (χ0) is 12.8. The third kappa shape index (κ3) is 2.07. The summed E-state index contributed by atoms with van der Waals surface area (Å²) in [5.41, 5.74) is 0.406. The Bertz CT molecular complexity index is 444. The van der Waals surface area contributed by atoms with Crippen molar-refractivity contribution in [2.75, 3.05) is 18.4 Å². The highest BCUT2D eigenvalue weighted by atomic mass is 19.4. The van der Waals surface area contributed by atoms with Crippen molar-refractivity contribution in [2.24, 2.45) is 5.41 Å². The highest BCUT2D eigenvalue weighted by molar-refractivity contribution is 5.48. The number of benzene rings is 1. The lowest BCUT2D eigenvalue weighted by Crippen LogP contribution is -2.63. The van der Waals surface area contributed by atoms with Gasteiger partial charge in [-0.1, -0.05) is 6.07 Å². The molecule has 0 radical (unpaired) electrons. The molecule has 0 bridgehead atoms. The minimum Gasteiger partial charge on any atom is -0.382 e. The molecule has 2 N–H and O–H groups in total. The normalized spacial score (nSPS) is 22.4. The average Bonchev–Trinajstić information content (AvgIpc) is 2.19. The summed E-state index contributed by atoms with van der Waals surface area (Å²) in [4.78, 5) is 0. The maximum Gasteiger partial charge on any atom is 0.416 e. The van der Waals surface area contributed by atoms with Gasteiger partial charge in [-0.05, 0) is 36.5 Å². The Labute approximate surface area is 104 Å². The molecular formula is C13H15F3N2. The first kappa shape index (κ1) is 11.8. The van der Waals surface area contributed by atoms with Gasteiger partial charge in [-0.15, -0.1) is 0 Å². The van der Waals surface area contributed by atoms with Crippen LogP contribution >= 0.6 is 0 Å². The topological polar surface area (TPSA) is 24.1 Å². The molecule has 0 aromatic heterocycles. The van der Waals surface area contributed by atoms with E-state index in [-0.39, 0.29) is 0 Å². The highest BCUT2D eigenvalue weighted by Gasteiger charge is 2.48. The minimum absolute atomic E-state index is 0.315. The fourth-order valence-corrected chi connectivity index (χ4v) is 2.88. The summed E-state index contributed by atoms with van der Waals surface area (Å²) in [7, 11) is 0. The van der Waals surface area contributed by atoms with Gasteiger partial charge in [0, 0.05) is 24.8 Å². The molecule has 2 fully saturated rings. The van der Waals surface area contributed by atoms with Gasteiger partial charge in [0.05, 0.1) is 5.56 Å². The van der Waals surface area contributed by atoms with Crippen LogP contribution in [0.2, 0.25) is 0 Å². The number of rotatable bonds is 2. The van der Waals surface area contributed by atoms with Gasteiger partial charge in [0.25, 0.3) is 0 Å². The molecule has 2 aliphatic rings. The maximum absolute atomic E-state index is 12.6. The van der Waals surface area contributed by atoms with E-state index >= 15 is 0 Å². The van der Waals surface area contributed by atoms with Crippen molar-refractivity contribution in [3.8, 4) is 0 Å². The van der Waals surface area contributed by atoms with Crippen molar-refractivity contribution in [3.63, 3.8) is 0 Å². The fraction of sp³-hybridized carbons (Fsp3) is 0.538. The van der Waals surface area contributed by atoms with E-state index in [1.54, 1.807) is 6.07 Å². The summed E-state index contributed by atoms with van der Waals surface area (Å²) in [6.07, 6.45) is -2.16. The lowest BCUT2D eigenvalue weighted by Gasteiger charge is -2.54. The van der Waals surface area contributed by atoms with Gasteiger partial charge in [-0.2, -0.15) is 13.2 Å². The van der Waals surface area contributed by atoms with Gasteiger partial charge in [0.15, 0.2) is 0 Å². The summed E-state index contributed by atoms with van der Waals surface area (Å²) in [6, 6.07) is 5.74. The van der Waals surface area contributed by atoms with Crippen molar-refractivity contribution in [1.29, 1.82) is 0 Å². The number of nitrogens with one attached hydrogen (secondary N) is 2. The molecule has 0 atom stereocenters. The van der Waals surface area contributed by atoms with Crippen molar-refractivity contribution in [3.05, 3.63) is 29.8 Å². The molecule has 0 amide bonds. The molecule has 5 heteroatoms. The van der Waals surface area contributed by atoms with Gasteiger partial charge in [0.2, 0.25) is 0 Å². The first-order valence-electron chi connectivity index (χ1n) is 6.11. The lowest BCUT2D eigenvalue weighted by molar-refractivity contribution is -0.137. The van der Waals surface area contributed by atoms with E-state index in [9.17, 15) is 13.2 Å². The first-order chi connectivity index (χ1) is 8.47.